The number of methoxy groups -OCH3 is 1. The zero-order valence-corrected chi connectivity index (χ0v) is 7.30. The first kappa shape index (κ1) is 8.82. The third-order valence-electron chi connectivity index (χ3n) is 1.44. The van der Waals surface area contributed by atoms with Gasteiger partial charge in [-0.1, -0.05) is 11.6 Å². The lowest BCUT2D eigenvalue weighted by Gasteiger charge is -2.05. The summed E-state index contributed by atoms with van der Waals surface area (Å²) in [5, 5.41) is 8.95. The molecule has 0 radical (unpaired) electrons. The summed E-state index contributed by atoms with van der Waals surface area (Å²) in [6, 6.07) is 2.01. The zero-order valence-electron chi connectivity index (χ0n) is 6.54. The van der Waals surface area contributed by atoms with Crippen molar-refractivity contribution in [1.29, 1.82) is 5.26 Å². The van der Waals surface area contributed by atoms with E-state index >= 15 is 0 Å². The van der Waals surface area contributed by atoms with Crippen LogP contribution in [0, 0.1) is 11.3 Å². The second-order valence-electron chi connectivity index (χ2n) is 2.14. The first-order valence-corrected chi connectivity index (χ1v) is 3.70. The molecule has 0 unspecified atom stereocenters. The highest BCUT2D eigenvalue weighted by Crippen LogP contribution is 2.24. The Morgan fingerprint density at radius 1 is 1.67 bits per heavy atom. The Bertz CT molecular complexity index is 319. The molecule has 0 aliphatic carbocycles. The number of halogens is 1. The lowest BCUT2D eigenvalue weighted by atomic mass is 10.2. The van der Waals surface area contributed by atoms with Gasteiger partial charge in [0.25, 0.3) is 0 Å². The monoisotopic (exact) mass is 182 g/mol. The van der Waals surface area contributed by atoms with E-state index in [-0.39, 0.29) is 6.42 Å². The Kier molecular flexibility index (Phi) is 2.89. The predicted molar refractivity (Wildman–Crippen MR) is 45.1 cm³/mol. The fourth-order valence-corrected chi connectivity index (χ4v) is 1.09. The number of hydrogen-bond acceptors (Lipinski definition) is 3. The number of nitriles is 1. The minimum absolute atomic E-state index is 0.241. The molecule has 12 heavy (non-hydrogen) atoms. The van der Waals surface area contributed by atoms with Gasteiger partial charge < -0.3 is 4.74 Å². The first-order valence-electron chi connectivity index (χ1n) is 3.33. The summed E-state index contributed by atoms with van der Waals surface area (Å²) in [6.07, 6.45) is 3.28. The Balaban J connectivity index is 3.12. The van der Waals surface area contributed by atoms with Gasteiger partial charge in [0.1, 0.15) is 5.75 Å². The molecular weight excluding hydrogens is 176 g/mol. The van der Waals surface area contributed by atoms with Crippen LogP contribution >= 0.6 is 11.6 Å². The SMILES string of the molecule is COc1cncc(Cl)c1CC#N. The van der Waals surface area contributed by atoms with E-state index in [4.69, 9.17) is 21.6 Å². The molecule has 0 aliphatic rings. The van der Waals surface area contributed by atoms with E-state index in [9.17, 15) is 0 Å². The standard InChI is InChI=1S/C8H7ClN2O/c1-12-8-5-11-4-7(9)6(8)2-3-10/h4-5H,2H2,1H3. The lowest BCUT2D eigenvalue weighted by Crippen LogP contribution is -1.93. The number of rotatable bonds is 2. The van der Waals surface area contributed by atoms with Crippen molar-refractivity contribution in [1.82, 2.24) is 4.98 Å². The van der Waals surface area contributed by atoms with Crippen LogP contribution in [0.4, 0.5) is 0 Å². The van der Waals surface area contributed by atoms with Crippen LogP contribution in [0.2, 0.25) is 5.02 Å². The van der Waals surface area contributed by atoms with Crippen molar-refractivity contribution in [2.75, 3.05) is 7.11 Å². The highest BCUT2D eigenvalue weighted by molar-refractivity contribution is 6.31. The number of pyridine rings is 1. The molecule has 0 bridgehead atoms. The van der Waals surface area contributed by atoms with Crippen molar-refractivity contribution in [3.8, 4) is 11.8 Å². The van der Waals surface area contributed by atoms with E-state index in [1.165, 1.54) is 13.3 Å². The minimum atomic E-state index is 0.241. The van der Waals surface area contributed by atoms with E-state index in [0.717, 1.165) is 0 Å². The molecule has 0 fully saturated rings. The number of hydrogen-bond donors (Lipinski definition) is 0. The smallest absolute Gasteiger partial charge is 0.142 e. The highest BCUT2D eigenvalue weighted by atomic mass is 35.5. The molecule has 0 saturated heterocycles. The maximum Gasteiger partial charge on any atom is 0.142 e. The molecule has 3 nitrogen and oxygen atoms in total. The van der Waals surface area contributed by atoms with Crippen LogP contribution in [0.1, 0.15) is 5.56 Å². The Morgan fingerprint density at radius 2 is 2.42 bits per heavy atom. The summed E-state index contributed by atoms with van der Waals surface area (Å²) < 4.78 is 4.98. The summed E-state index contributed by atoms with van der Waals surface area (Å²) in [6.45, 7) is 0. The van der Waals surface area contributed by atoms with Crippen molar-refractivity contribution in [3.05, 3.63) is 23.0 Å². The molecule has 0 saturated carbocycles. The average Bonchev–Trinajstić information content (AvgIpc) is 2.09. The predicted octanol–water partition coefficient (Wildman–Crippen LogP) is 1.81. The topological polar surface area (TPSA) is 45.9 Å². The van der Waals surface area contributed by atoms with Crippen LogP contribution in [0.5, 0.6) is 5.75 Å². The number of aromatic nitrogens is 1. The first-order chi connectivity index (χ1) is 5.79. The molecule has 1 aromatic heterocycles. The summed E-state index contributed by atoms with van der Waals surface area (Å²) in [5.41, 5.74) is 0.691. The van der Waals surface area contributed by atoms with Gasteiger partial charge >= 0.3 is 0 Å². The van der Waals surface area contributed by atoms with Crippen molar-refractivity contribution in [3.63, 3.8) is 0 Å². The van der Waals surface area contributed by atoms with Gasteiger partial charge in [0.05, 0.1) is 30.8 Å². The van der Waals surface area contributed by atoms with E-state index in [1.54, 1.807) is 6.20 Å². The quantitative estimate of drug-likeness (QED) is 0.701. The van der Waals surface area contributed by atoms with Crippen molar-refractivity contribution >= 4 is 11.6 Å². The molecule has 0 spiro atoms. The van der Waals surface area contributed by atoms with Crippen molar-refractivity contribution in [2.45, 2.75) is 6.42 Å². The zero-order chi connectivity index (χ0) is 8.97. The fraction of sp³-hybridized carbons (Fsp3) is 0.250. The molecule has 62 valence electrons. The van der Waals surface area contributed by atoms with Crippen LogP contribution in [0.25, 0.3) is 0 Å². The van der Waals surface area contributed by atoms with Gasteiger partial charge in [-0.2, -0.15) is 5.26 Å². The van der Waals surface area contributed by atoms with Crippen molar-refractivity contribution in [2.24, 2.45) is 0 Å². The second-order valence-corrected chi connectivity index (χ2v) is 2.54. The molecule has 1 aromatic rings. The molecule has 1 rings (SSSR count). The summed E-state index contributed by atoms with van der Waals surface area (Å²) in [4.78, 5) is 3.83. The lowest BCUT2D eigenvalue weighted by molar-refractivity contribution is 0.409. The maximum atomic E-state index is 8.48. The number of ether oxygens (including phenoxy) is 1. The Labute approximate surface area is 75.6 Å². The van der Waals surface area contributed by atoms with Crippen LogP contribution < -0.4 is 4.74 Å². The van der Waals surface area contributed by atoms with E-state index in [0.29, 0.717) is 16.3 Å². The second kappa shape index (κ2) is 3.93. The molecular formula is C8H7ClN2O. The van der Waals surface area contributed by atoms with Gasteiger partial charge in [-0.25, -0.2) is 0 Å². The van der Waals surface area contributed by atoms with Gasteiger partial charge in [-0.05, 0) is 0 Å². The van der Waals surface area contributed by atoms with Gasteiger partial charge in [0, 0.05) is 11.8 Å². The average molecular weight is 183 g/mol. The van der Waals surface area contributed by atoms with Gasteiger partial charge in [-0.15, -0.1) is 0 Å². The number of nitrogens with zero attached hydrogens (tertiary/aromatic N) is 2. The molecule has 4 heteroatoms. The van der Waals surface area contributed by atoms with Crippen LogP contribution in [-0.2, 0) is 6.42 Å². The minimum Gasteiger partial charge on any atom is -0.495 e. The van der Waals surface area contributed by atoms with E-state index in [2.05, 4.69) is 4.98 Å². The molecule has 0 amide bonds. The van der Waals surface area contributed by atoms with Gasteiger partial charge in [-0.3, -0.25) is 4.98 Å². The third-order valence-corrected chi connectivity index (χ3v) is 1.77. The Hall–Kier alpha value is -1.27. The summed E-state index contributed by atoms with van der Waals surface area (Å²) >= 11 is 5.79. The van der Waals surface area contributed by atoms with Crippen LogP contribution in [0.15, 0.2) is 12.4 Å². The summed E-state index contributed by atoms with van der Waals surface area (Å²) in [7, 11) is 1.52. The summed E-state index contributed by atoms with van der Waals surface area (Å²) in [5.74, 6) is 0.559. The molecule has 0 atom stereocenters. The molecule has 1 heterocycles. The van der Waals surface area contributed by atoms with Gasteiger partial charge in [0.15, 0.2) is 0 Å². The molecule has 0 aliphatic heterocycles. The normalized spacial score (nSPS) is 9.08. The van der Waals surface area contributed by atoms with Crippen LogP contribution in [-0.4, -0.2) is 12.1 Å². The largest absolute Gasteiger partial charge is 0.495 e. The van der Waals surface area contributed by atoms with Gasteiger partial charge in [0.2, 0.25) is 0 Å². The Morgan fingerprint density at radius 3 is 3.00 bits per heavy atom. The molecule has 0 N–H and O–H groups in total. The van der Waals surface area contributed by atoms with E-state index in [1.807, 2.05) is 6.07 Å². The third kappa shape index (κ3) is 1.66. The fourth-order valence-electron chi connectivity index (χ4n) is 0.870. The van der Waals surface area contributed by atoms with Crippen molar-refractivity contribution < 1.29 is 4.74 Å². The maximum absolute atomic E-state index is 8.48. The molecule has 0 aromatic carbocycles. The highest BCUT2D eigenvalue weighted by Gasteiger charge is 2.06. The van der Waals surface area contributed by atoms with Crippen LogP contribution in [0.3, 0.4) is 0 Å². The van der Waals surface area contributed by atoms with E-state index < -0.39 is 0 Å².